The van der Waals surface area contributed by atoms with Crippen LogP contribution in [0.4, 0.5) is 0 Å². The highest BCUT2D eigenvalue weighted by molar-refractivity contribution is 8.02. The lowest BCUT2D eigenvalue weighted by Crippen LogP contribution is -2.26. The van der Waals surface area contributed by atoms with E-state index >= 15 is 0 Å². The van der Waals surface area contributed by atoms with Crippen molar-refractivity contribution in [2.75, 3.05) is 18.8 Å². The SMILES string of the molecule is O=C(CCC1=CSCC=C1)C1CCCCNC1. The van der Waals surface area contributed by atoms with Crippen LogP contribution in [-0.2, 0) is 4.79 Å². The van der Waals surface area contributed by atoms with E-state index in [9.17, 15) is 4.79 Å². The second-order valence-electron chi connectivity index (χ2n) is 4.79. The van der Waals surface area contributed by atoms with E-state index < -0.39 is 0 Å². The van der Waals surface area contributed by atoms with E-state index in [4.69, 9.17) is 0 Å². The minimum absolute atomic E-state index is 0.262. The molecule has 1 unspecified atom stereocenters. The van der Waals surface area contributed by atoms with Crippen LogP contribution in [0.25, 0.3) is 0 Å². The summed E-state index contributed by atoms with van der Waals surface area (Å²) in [4.78, 5) is 12.1. The first-order chi connectivity index (χ1) is 8.36. The topological polar surface area (TPSA) is 29.1 Å². The van der Waals surface area contributed by atoms with Crippen molar-refractivity contribution in [1.82, 2.24) is 5.32 Å². The summed E-state index contributed by atoms with van der Waals surface area (Å²) < 4.78 is 0. The summed E-state index contributed by atoms with van der Waals surface area (Å²) in [5.74, 6) is 1.78. The Morgan fingerprint density at radius 1 is 1.47 bits per heavy atom. The smallest absolute Gasteiger partial charge is 0.137 e. The minimum Gasteiger partial charge on any atom is -0.316 e. The lowest BCUT2D eigenvalue weighted by atomic mass is 9.94. The van der Waals surface area contributed by atoms with Gasteiger partial charge in [-0.3, -0.25) is 4.79 Å². The fourth-order valence-electron chi connectivity index (χ4n) is 2.36. The molecule has 0 spiro atoms. The lowest BCUT2D eigenvalue weighted by Gasteiger charge is -2.13. The van der Waals surface area contributed by atoms with E-state index in [0.717, 1.165) is 31.7 Å². The summed E-state index contributed by atoms with van der Waals surface area (Å²) in [6.45, 7) is 1.97. The zero-order valence-electron chi connectivity index (χ0n) is 10.3. The zero-order valence-corrected chi connectivity index (χ0v) is 11.1. The highest BCUT2D eigenvalue weighted by Crippen LogP contribution is 2.21. The Morgan fingerprint density at radius 2 is 2.41 bits per heavy atom. The molecule has 1 N–H and O–H groups in total. The predicted molar refractivity (Wildman–Crippen MR) is 74.1 cm³/mol. The van der Waals surface area contributed by atoms with Gasteiger partial charge in [0.1, 0.15) is 5.78 Å². The van der Waals surface area contributed by atoms with Gasteiger partial charge >= 0.3 is 0 Å². The first kappa shape index (κ1) is 12.9. The molecule has 1 fully saturated rings. The van der Waals surface area contributed by atoms with Crippen LogP contribution in [0.3, 0.4) is 0 Å². The van der Waals surface area contributed by atoms with Crippen LogP contribution in [0, 0.1) is 5.92 Å². The largest absolute Gasteiger partial charge is 0.316 e. The molecule has 0 aromatic rings. The number of hydrogen-bond donors (Lipinski definition) is 1. The molecule has 1 saturated heterocycles. The van der Waals surface area contributed by atoms with E-state index in [1.807, 2.05) is 11.8 Å². The molecule has 2 rings (SSSR count). The molecule has 2 heterocycles. The Morgan fingerprint density at radius 3 is 3.24 bits per heavy atom. The molecule has 0 aromatic carbocycles. The van der Waals surface area contributed by atoms with Crippen molar-refractivity contribution in [3.63, 3.8) is 0 Å². The third-order valence-electron chi connectivity index (χ3n) is 3.42. The van der Waals surface area contributed by atoms with Crippen molar-refractivity contribution < 1.29 is 4.79 Å². The van der Waals surface area contributed by atoms with Gasteiger partial charge in [0.15, 0.2) is 0 Å². The van der Waals surface area contributed by atoms with Gasteiger partial charge in [0.2, 0.25) is 0 Å². The van der Waals surface area contributed by atoms with Gasteiger partial charge in [0.05, 0.1) is 0 Å². The van der Waals surface area contributed by atoms with Crippen molar-refractivity contribution in [2.24, 2.45) is 5.92 Å². The summed E-state index contributed by atoms with van der Waals surface area (Å²) in [6.07, 6.45) is 9.46. The molecule has 0 radical (unpaired) electrons. The number of thioether (sulfide) groups is 1. The lowest BCUT2D eigenvalue weighted by molar-refractivity contribution is -0.122. The molecule has 0 aromatic heterocycles. The number of ketones is 1. The van der Waals surface area contributed by atoms with Crippen molar-refractivity contribution in [3.05, 3.63) is 23.1 Å². The van der Waals surface area contributed by atoms with E-state index in [2.05, 4.69) is 22.9 Å². The highest BCUT2D eigenvalue weighted by atomic mass is 32.2. The van der Waals surface area contributed by atoms with E-state index in [0.29, 0.717) is 12.2 Å². The Kier molecular flexibility index (Phi) is 5.33. The molecule has 94 valence electrons. The maximum Gasteiger partial charge on any atom is 0.137 e. The molecule has 0 amide bonds. The van der Waals surface area contributed by atoms with E-state index in [1.54, 1.807) is 0 Å². The van der Waals surface area contributed by atoms with Crippen LogP contribution in [-0.4, -0.2) is 24.6 Å². The van der Waals surface area contributed by atoms with Crippen LogP contribution in [0.1, 0.15) is 32.1 Å². The third-order valence-corrected chi connectivity index (χ3v) is 4.28. The Balaban J connectivity index is 1.76. The number of carbonyl (C=O) groups is 1. The van der Waals surface area contributed by atoms with Gasteiger partial charge in [-0.2, -0.15) is 0 Å². The first-order valence-corrected chi connectivity index (χ1v) is 7.62. The molecule has 0 saturated carbocycles. The average Bonchev–Trinajstić information content (AvgIpc) is 2.66. The van der Waals surface area contributed by atoms with Crippen molar-refractivity contribution in [1.29, 1.82) is 0 Å². The summed E-state index contributed by atoms with van der Waals surface area (Å²) in [7, 11) is 0. The number of hydrogen-bond acceptors (Lipinski definition) is 3. The van der Waals surface area contributed by atoms with Crippen LogP contribution in [0.5, 0.6) is 0 Å². The number of rotatable bonds is 4. The molecule has 2 aliphatic rings. The third kappa shape index (κ3) is 4.32. The number of carbonyl (C=O) groups excluding carboxylic acids is 1. The van der Waals surface area contributed by atoms with Gasteiger partial charge in [-0.1, -0.05) is 18.6 Å². The molecule has 2 aliphatic heterocycles. The monoisotopic (exact) mass is 251 g/mol. The Hall–Kier alpha value is -0.540. The van der Waals surface area contributed by atoms with Gasteiger partial charge < -0.3 is 5.32 Å². The van der Waals surface area contributed by atoms with Crippen LogP contribution >= 0.6 is 11.8 Å². The van der Waals surface area contributed by atoms with Crippen molar-refractivity contribution >= 4 is 17.5 Å². The van der Waals surface area contributed by atoms with Gasteiger partial charge in [-0.25, -0.2) is 0 Å². The number of allylic oxidation sites excluding steroid dienone is 2. The van der Waals surface area contributed by atoms with Crippen LogP contribution in [0.2, 0.25) is 0 Å². The first-order valence-electron chi connectivity index (χ1n) is 6.57. The number of Topliss-reactive ketones (excluding diaryl/α,β-unsaturated/α-hetero) is 1. The zero-order chi connectivity index (χ0) is 11.9. The minimum atomic E-state index is 0.262. The predicted octanol–water partition coefficient (Wildman–Crippen LogP) is 2.91. The maximum atomic E-state index is 12.1. The maximum absolute atomic E-state index is 12.1. The summed E-state index contributed by atoms with van der Waals surface area (Å²) >= 11 is 1.82. The van der Waals surface area contributed by atoms with E-state index in [1.165, 1.54) is 18.4 Å². The highest BCUT2D eigenvalue weighted by Gasteiger charge is 2.19. The molecule has 1 atom stereocenters. The summed E-state index contributed by atoms with van der Waals surface area (Å²) in [5.41, 5.74) is 1.32. The van der Waals surface area contributed by atoms with Crippen molar-refractivity contribution in [3.8, 4) is 0 Å². The van der Waals surface area contributed by atoms with E-state index in [-0.39, 0.29) is 5.92 Å². The molecule has 17 heavy (non-hydrogen) atoms. The van der Waals surface area contributed by atoms with Gasteiger partial charge in [-0.05, 0) is 36.8 Å². The molecule has 2 nitrogen and oxygen atoms in total. The molecule has 3 heteroatoms. The second-order valence-corrected chi connectivity index (χ2v) is 5.69. The second kappa shape index (κ2) is 7.02. The van der Waals surface area contributed by atoms with Gasteiger partial charge in [-0.15, -0.1) is 11.8 Å². The van der Waals surface area contributed by atoms with Crippen molar-refractivity contribution in [2.45, 2.75) is 32.1 Å². The van der Waals surface area contributed by atoms with Gasteiger partial charge in [0.25, 0.3) is 0 Å². The normalized spacial score (nSPS) is 25.2. The fourth-order valence-corrected chi connectivity index (χ4v) is 3.07. The van der Waals surface area contributed by atoms with Crippen LogP contribution in [0.15, 0.2) is 23.1 Å². The molecular weight excluding hydrogens is 230 g/mol. The summed E-state index contributed by atoms with van der Waals surface area (Å²) in [5, 5.41) is 5.56. The van der Waals surface area contributed by atoms with Gasteiger partial charge in [0, 0.05) is 24.6 Å². The number of nitrogens with one attached hydrogen (secondary N) is 1. The Labute approximate surface area is 108 Å². The average molecular weight is 251 g/mol. The fraction of sp³-hybridized carbons (Fsp3) is 0.643. The molecule has 0 aliphatic carbocycles. The molecular formula is C14H21NOS. The molecule has 0 bridgehead atoms. The quantitative estimate of drug-likeness (QED) is 0.833. The van der Waals surface area contributed by atoms with Crippen LogP contribution < -0.4 is 5.32 Å². The Bertz CT molecular complexity index is 314. The summed E-state index contributed by atoms with van der Waals surface area (Å²) in [6, 6.07) is 0. The standard InChI is InChI=1S/C14H21NOS/c16-14(13-5-1-2-8-15-10-13)7-6-12-4-3-9-17-11-12/h3-4,11,13,15H,1-2,5-10H2.